The normalized spacial score (nSPS) is 15.6. The van der Waals surface area contributed by atoms with E-state index in [1.807, 2.05) is 44.2 Å². The minimum absolute atomic E-state index is 0.168. The summed E-state index contributed by atoms with van der Waals surface area (Å²) in [6.07, 6.45) is 0. The highest BCUT2D eigenvalue weighted by Gasteiger charge is 2.30. The van der Waals surface area contributed by atoms with Gasteiger partial charge in [0.15, 0.2) is 11.5 Å². The molecule has 8 nitrogen and oxygen atoms in total. The number of carbonyl (C=O) groups is 1. The first-order valence-corrected chi connectivity index (χ1v) is 13.8. The van der Waals surface area contributed by atoms with Gasteiger partial charge in [0, 0.05) is 32.7 Å². The predicted octanol–water partition coefficient (Wildman–Crippen LogP) is 3.57. The Morgan fingerprint density at radius 2 is 1.59 bits per heavy atom. The Morgan fingerprint density at radius 3 is 2.32 bits per heavy atom. The maximum atomic E-state index is 13.6. The Bertz CT molecular complexity index is 1380. The van der Waals surface area contributed by atoms with E-state index in [9.17, 15) is 13.2 Å². The second-order valence-electron chi connectivity index (χ2n) is 9.51. The number of hydrogen-bond donors (Lipinski definition) is 0. The Kier molecular flexibility index (Phi) is 7.08. The van der Waals surface area contributed by atoms with Gasteiger partial charge in [-0.05, 0) is 61.4 Å². The predicted molar refractivity (Wildman–Crippen MR) is 141 cm³/mol. The van der Waals surface area contributed by atoms with Crippen LogP contribution in [-0.2, 0) is 21.4 Å². The Morgan fingerprint density at radius 1 is 0.865 bits per heavy atom. The van der Waals surface area contributed by atoms with Crippen LogP contribution < -0.4 is 13.8 Å². The van der Waals surface area contributed by atoms with Gasteiger partial charge in [-0.1, -0.05) is 35.9 Å². The lowest BCUT2D eigenvalue weighted by molar-refractivity contribution is -0.131. The first-order valence-electron chi connectivity index (χ1n) is 12.3. The van der Waals surface area contributed by atoms with Crippen molar-refractivity contribution in [2.45, 2.75) is 25.3 Å². The molecule has 0 aliphatic carbocycles. The molecule has 0 spiro atoms. The molecule has 1 saturated heterocycles. The molecule has 0 bridgehead atoms. The molecule has 37 heavy (non-hydrogen) atoms. The van der Waals surface area contributed by atoms with E-state index >= 15 is 0 Å². The van der Waals surface area contributed by atoms with Crippen molar-refractivity contribution < 1.29 is 22.7 Å². The number of benzene rings is 3. The minimum Gasteiger partial charge on any atom is -0.454 e. The van der Waals surface area contributed by atoms with Crippen molar-refractivity contribution in [2.75, 3.05) is 43.8 Å². The lowest BCUT2D eigenvalue weighted by Crippen LogP contribution is -2.51. The second kappa shape index (κ2) is 10.4. The van der Waals surface area contributed by atoms with E-state index in [0.717, 1.165) is 34.7 Å². The number of anilines is 1. The molecular weight excluding hydrogens is 490 g/mol. The van der Waals surface area contributed by atoms with Crippen molar-refractivity contribution in [1.82, 2.24) is 9.80 Å². The first-order chi connectivity index (χ1) is 17.8. The fourth-order valence-corrected chi connectivity index (χ4v) is 6.02. The fourth-order valence-electron chi connectivity index (χ4n) is 4.61. The summed E-state index contributed by atoms with van der Waals surface area (Å²) in [7, 11) is -3.92. The Labute approximate surface area is 218 Å². The summed E-state index contributed by atoms with van der Waals surface area (Å²) in [4.78, 5) is 17.6. The summed E-state index contributed by atoms with van der Waals surface area (Å²) in [5.41, 5.74) is 3.50. The van der Waals surface area contributed by atoms with Gasteiger partial charge in [0.05, 0.1) is 10.6 Å². The Balaban J connectivity index is 1.27. The number of nitrogens with zero attached hydrogens (tertiary/aromatic N) is 3. The summed E-state index contributed by atoms with van der Waals surface area (Å²) < 4.78 is 39.4. The smallest absolute Gasteiger partial charge is 0.264 e. The minimum atomic E-state index is -3.92. The van der Waals surface area contributed by atoms with Crippen LogP contribution >= 0.6 is 0 Å². The molecule has 2 heterocycles. The number of sulfonamides is 1. The number of fused-ring (bicyclic) bond motifs is 1. The maximum Gasteiger partial charge on any atom is 0.264 e. The summed E-state index contributed by atoms with van der Waals surface area (Å²) in [5.74, 6) is 1.31. The molecule has 0 atom stereocenters. The molecule has 2 aliphatic rings. The Hall–Kier alpha value is -3.56. The highest BCUT2D eigenvalue weighted by molar-refractivity contribution is 7.92. The van der Waals surface area contributed by atoms with Crippen LogP contribution in [0.4, 0.5) is 5.69 Å². The second-order valence-corrected chi connectivity index (χ2v) is 11.4. The number of carbonyl (C=O) groups excluding carboxylic acids is 1. The van der Waals surface area contributed by atoms with Crippen molar-refractivity contribution >= 4 is 21.6 Å². The van der Waals surface area contributed by atoms with Gasteiger partial charge in [-0.25, -0.2) is 8.42 Å². The van der Waals surface area contributed by atoms with E-state index in [0.29, 0.717) is 31.9 Å². The van der Waals surface area contributed by atoms with Gasteiger partial charge in [0.25, 0.3) is 10.0 Å². The fraction of sp³-hybridized carbons (Fsp3) is 0.321. The van der Waals surface area contributed by atoms with E-state index in [4.69, 9.17) is 9.47 Å². The van der Waals surface area contributed by atoms with Gasteiger partial charge in [-0.15, -0.1) is 0 Å². The lowest BCUT2D eigenvalue weighted by atomic mass is 10.1. The quantitative estimate of drug-likeness (QED) is 0.473. The summed E-state index contributed by atoms with van der Waals surface area (Å²) in [6.45, 7) is 7.04. The van der Waals surface area contributed by atoms with Gasteiger partial charge in [-0.3, -0.25) is 14.0 Å². The van der Waals surface area contributed by atoms with Gasteiger partial charge in [-0.2, -0.15) is 0 Å². The SMILES string of the molecule is Cc1ccc(S(=O)(=O)N(CC(=O)N2CCN(Cc3ccc4c(c3)OCO4)CC2)c2cccc(C)c2)cc1. The molecule has 9 heteroatoms. The van der Waals surface area contributed by atoms with Gasteiger partial charge < -0.3 is 14.4 Å². The van der Waals surface area contributed by atoms with Crippen LogP contribution in [0.15, 0.2) is 71.6 Å². The summed E-state index contributed by atoms with van der Waals surface area (Å²) >= 11 is 0. The number of piperazine rings is 1. The highest BCUT2D eigenvalue weighted by atomic mass is 32.2. The average Bonchev–Trinajstić information content (AvgIpc) is 3.36. The summed E-state index contributed by atoms with van der Waals surface area (Å²) in [6, 6.07) is 19.9. The van der Waals surface area contributed by atoms with Crippen molar-refractivity contribution in [3.8, 4) is 11.5 Å². The van der Waals surface area contributed by atoms with E-state index in [1.54, 1.807) is 41.3 Å². The third-order valence-electron chi connectivity index (χ3n) is 6.75. The monoisotopic (exact) mass is 521 g/mol. The molecule has 3 aromatic carbocycles. The third-order valence-corrected chi connectivity index (χ3v) is 8.53. The van der Waals surface area contributed by atoms with Gasteiger partial charge >= 0.3 is 0 Å². The molecule has 0 saturated carbocycles. The molecule has 5 rings (SSSR count). The molecule has 0 unspecified atom stereocenters. The van der Waals surface area contributed by atoms with E-state index in [-0.39, 0.29) is 24.1 Å². The van der Waals surface area contributed by atoms with Crippen LogP contribution in [0.1, 0.15) is 16.7 Å². The van der Waals surface area contributed by atoms with Crippen molar-refractivity contribution in [1.29, 1.82) is 0 Å². The lowest BCUT2D eigenvalue weighted by Gasteiger charge is -2.36. The average molecular weight is 522 g/mol. The zero-order valence-electron chi connectivity index (χ0n) is 21.1. The molecule has 3 aromatic rings. The third kappa shape index (κ3) is 5.57. The number of rotatable bonds is 7. The molecule has 2 aliphatic heterocycles. The van der Waals surface area contributed by atoms with Crippen molar-refractivity contribution in [2.24, 2.45) is 0 Å². The number of amides is 1. The topological polar surface area (TPSA) is 79.4 Å². The number of hydrogen-bond acceptors (Lipinski definition) is 6. The zero-order chi connectivity index (χ0) is 26.0. The molecule has 194 valence electrons. The number of ether oxygens (including phenoxy) is 2. The molecule has 0 N–H and O–H groups in total. The van der Waals surface area contributed by atoms with Crippen molar-refractivity contribution in [3.63, 3.8) is 0 Å². The molecule has 0 aromatic heterocycles. The van der Waals surface area contributed by atoms with Gasteiger partial charge in [0.1, 0.15) is 6.54 Å². The maximum absolute atomic E-state index is 13.6. The first kappa shape index (κ1) is 25.1. The standard InChI is InChI=1S/C28H31N3O5S/c1-21-6-9-25(10-7-21)37(33,34)31(24-5-3-4-22(2)16-24)19-28(32)30-14-12-29(13-15-30)18-23-8-11-26-27(17-23)36-20-35-26/h3-11,16-17H,12-15,18-20H2,1-2H3. The summed E-state index contributed by atoms with van der Waals surface area (Å²) in [5, 5.41) is 0. The molecular formula is C28H31N3O5S. The molecule has 0 radical (unpaired) electrons. The van der Waals surface area contributed by atoms with Crippen LogP contribution in [0.5, 0.6) is 11.5 Å². The van der Waals surface area contributed by atoms with E-state index < -0.39 is 10.0 Å². The zero-order valence-corrected chi connectivity index (χ0v) is 21.9. The van der Waals surface area contributed by atoms with E-state index in [2.05, 4.69) is 4.90 Å². The highest BCUT2D eigenvalue weighted by Crippen LogP contribution is 2.33. The van der Waals surface area contributed by atoms with Crippen molar-refractivity contribution in [3.05, 3.63) is 83.4 Å². The van der Waals surface area contributed by atoms with Crippen LogP contribution in [-0.4, -0.2) is 63.6 Å². The van der Waals surface area contributed by atoms with E-state index in [1.165, 1.54) is 4.31 Å². The van der Waals surface area contributed by atoms with Gasteiger partial charge in [0.2, 0.25) is 12.7 Å². The van der Waals surface area contributed by atoms with Crippen LogP contribution in [0, 0.1) is 13.8 Å². The molecule has 1 fully saturated rings. The number of aryl methyl sites for hydroxylation is 2. The van der Waals surface area contributed by atoms with Crippen LogP contribution in [0.3, 0.4) is 0 Å². The van der Waals surface area contributed by atoms with Crippen LogP contribution in [0.2, 0.25) is 0 Å². The van der Waals surface area contributed by atoms with Crippen LogP contribution in [0.25, 0.3) is 0 Å². The largest absolute Gasteiger partial charge is 0.454 e. The molecule has 1 amide bonds.